The molecule has 5 heteroatoms. The minimum absolute atomic E-state index is 0.346. The standard InChI is InChI=1S/C17H16BrNO3/c18-14-8-4-7-13(11-14)16(20)19-15(17(21)22)10-9-12-5-2-1-3-6-12/h1-8,11,15H,9-10H2,(H,19,20)(H,21,22)/t15-/m0/s1. The van der Waals surface area contributed by atoms with Crippen molar-refractivity contribution in [3.05, 3.63) is 70.2 Å². The van der Waals surface area contributed by atoms with Crippen LogP contribution in [0.3, 0.4) is 0 Å². The monoisotopic (exact) mass is 361 g/mol. The van der Waals surface area contributed by atoms with E-state index in [1.807, 2.05) is 30.3 Å². The van der Waals surface area contributed by atoms with Crippen LogP contribution in [0.25, 0.3) is 0 Å². The van der Waals surface area contributed by atoms with Gasteiger partial charge in [-0.15, -0.1) is 0 Å². The Bertz CT molecular complexity index is 658. The molecular weight excluding hydrogens is 346 g/mol. The van der Waals surface area contributed by atoms with E-state index in [-0.39, 0.29) is 5.91 Å². The summed E-state index contributed by atoms with van der Waals surface area (Å²) in [6.45, 7) is 0. The van der Waals surface area contributed by atoms with Gasteiger partial charge in [-0.25, -0.2) is 4.79 Å². The van der Waals surface area contributed by atoms with Crippen molar-refractivity contribution >= 4 is 27.8 Å². The van der Waals surface area contributed by atoms with Gasteiger partial charge in [0.2, 0.25) is 0 Å². The average molecular weight is 362 g/mol. The summed E-state index contributed by atoms with van der Waals surface area (Å²) < 4.78 is 0.774. The lowest BCUT2D eigenvalue weighted by Gasteiger charge is -2.14. The van der Waals surface area contributed by atoms with E-state index in [1.165, 1.54) is 0 Å². The molecule has 2 aromatic rings. The highest BCUT2D eigenvalue weighted by molar-refractivity contribution is 9.10. The number of halogens is 1. The van der Waals surface area contributed by atoms with E-state index in [1.54, 1.807) is 24.3 Å². The molecule has 1 atom stereocenters. The highest BCUT2D eigenvalue weighted by Crippen LogP contribution is 2.12. The van der Waals surface area contributed by atoms with Crippen molar-refractivity contribution in [3.8, 4) is 0 Å². The Labute approximate surface area is 137 Å². The third-order valence-corrected chi connectivity index (χ3v) is 3.75. The molecule has 0 saturated heterocycles. The van der Waals surface area contributed by atoms with Crippen LogP contribution >= 0.6 is 15.9 Å². The van der Waals surface area contributed by atoms with Gasteiger partial charge in [-0.2, -0.15) is 0 Å². The van der Waals surface area contributed by atoms with Crippen LogP contribution in [0.4, 0.5) is 0 Å². The zero-order chi connectivity index (χ0) is 15.9. The molecule has 0 saturated carbocycles. The molecule has 0 spiro atoms. The minimum atomic E-state index is -1.03. The van der Waals surface area contributed by atoms with E-state index in [4.69, 9.17) is 0 Å². The second-order valence-electron chi connectivity index (χ2n) is 4.90. The molecule has 0 unspecified atom stereocenters. The van der Waals surface area contributed by atoms with E-state index >= 15 is 0 Å². The molecule has 2 aromatic carbocycles. The van der Waals surface area contributed by atoms with Gasteiger partial charge < -0.3 is 10.4 Å². The Balaban J connectivity index is 1.99. The molecule has 22 heavy (non-hydrogen) atoms. The van der Waals surface area contributed by atoms with Crippen molar-refractivity contribution in [1.82, 2.24) is 5.32 Å². The summed E-state index contributed by atoms with van der Waals surface area (Å²) >= 11 is 3.29. The Morgan fingerprint density at radius 3 is 2.45 bits per heavy atom. The second kappa shape index (κ2) is 7.75. The summed E-state index contributed by atoms with van der Waals surface area (Å²) in [6, 6.07) is 15.5. The van der Waals surface area contributed by atoms with Gasteiger partial charge in [0, 0.05) is 10.0 Å². The molecule has 0 aliphatic rings. The number of carboxylic acid groups (broad SMARTS) is 1. The third-order valence-electron chi connectivity index (χ3n) is 3.25. The molecule has 2 N–H and O–H groups in total. The quantitative estimate of drug-likeness (QED) is 0.829. The average Bonchev–Trinajstić information content (AvgIpc) is 2.52. The van der Waals surface area contributed by atoms with Crippen LogP contribution in [-0.2, 0) is 11.2 Å². The molecule has 1 amide bonds. The number of aliphatic carboxylic acids is 1. The second-order valence-corrected chi connectivity index (χ2v) is 5.81. The van der Waals surface area contributed by atoms with Gasteiger partial charge in [0.25, 0.3) is 5.91 Å². The number of amides is 1. The van der Waals surface area contributed by atoms with Gasteiger partial charge in [-0.05, 0) is 36.6 Å². The molecule has 0 bridgehead atoms. The van der Waals surface area contributed by atoms with Gasteiger partial charge in [-0.1, -0.05) is 52.3 Å². The molecule has 0 aliphatic heterocycles. The maximum atomic E-state index is 12.1. The van der Waals surface area contributed by atoms with Crippen molar-refractivity contribution in [2.75, 3.05) is 0 Å². The summed E-state index contributed by atoms with van der Waals surface area (Å²) in [7, 11) is 0. The number of nitrogens with one attached hydrogen (secondary N) is 1. The lowest BCUT2D eigenvalue weighted by atomic mass is 10.0. The summed E-state index contributed by atoms with van der Waals surface area (Å²) in [5, 5.41) is 11.8. The number of carboxylic acids is 1. The fourth-order valence-corrected chi connectivity index (χ4v) is 2.48. The molecule has 0 aliphatic carbocycles. The van der Waals surface area contributed by atoms with Crippen LogP contribution in [0.1, 0.15) is 22.3 Å². The maximum absolute atomic E-state index is 12.1. The molecular formula is C17H16BrNO3. The fraction of sp³-hybridized carbons (Fsp3) is 0.176. The number of carbonyl (C=O) groups is 2. The first-order valence-corrected chi connectivity index (χ1v) is 7.69. The largest absolute Gasteiger partial charge is 0.480 e. The van der Waals surface area contributed by atoms with Gasteiger partial charge in [0.05, 0.1) is 0 Å². The fourth-order valence-electron chi connectivity index (χ4n) is 2.08. The lowest BCUT2D eigenvalue weighted by molar-refractivity contribution is -0.139. The molecule has 0 fully saturated rings. The van der Waals surface area contributed by atoms with Crippen LogP contribution in [0.5, 0.6) is 0 Å². The number of hydrogen-bond donors (Lipinski definition) is 2. The molecule has 114 valence electrons. The Morgan fingerprint density at radius 2 is 1.82 bits per heavy atom. The SMILES string of the molecule is O=C(N[C@@H](CCc1ccccc1)C(=O)O)c1cccc(Br)c1. The maximum Gasteiger partial charge on any atom is 0.326 e. The first-order chi connectivity index (χ1) is 10.6. The van der Waals surface area contributed by atoms with Crippen LogP contribution in [0.15, 0.2) is 59.1 Å². The molecule has 0 heterocycles. The van der Waals surface area contributed by atoms with E-state index in [0.717, 1.165) is 10.0 Å². The minimum Gasteiger partial charge on any atom is -0.480 e. The van der Waals surface area contributed by atoms with Gasteiger partial charge >= 0.3 is 5.97 Å². The topological polar surface area (TPSA) is 66.4 Å². The zero-order valence-electron chi connectivity index (χ0n) is 11.8. The van der Waals surface area contributed by atoms with Crippen molar-refractivity contribution in [2.45, 2.75) is 18.9 Å². The highest BCUT2D eigenvalue weighted by atomic mass is 79.9. The van der Waals surface area contributed by atoms with E-state index in [0.29, 0.717) is 18.4 Å². The predicted molar refractivity (Wildman–Crippen MR) is 87.8 cm³/mol. The number of benzene rings is 2. The van der Waals surface area contributed by atoms with Crippen LogP contribution in [0.2, 0.25) is 0 Å². The normalized spacial score (nSPS) is 11.7. The molecule has 0 aromatic heterocycles. The third kappa shape index (κ3) is 4.70. The predicted octanol–water partition coefficient (Wildman–Crippen LogP) is 3.26. The van der Waals surface area contributed by atoms with E-state index < -0.39 is 12.0 Å². The van der Waals surface area contributed by atoms with Gasteiger partial charge in [0.15, 0.2) is 0 Å². The number of carbonyl (C=O) groups excluding carboxylic acids is 1. The molecule has 4 nitrogen and oxygen atoms in total. The van der Waals surface area contributed by atoms with Crippen LogP contribution in [-0.4, -0.2) is 23.0 Å². The van der Waals surface area contributed by atoms with E-state index in [2.05, 4.69) is 21.2 Å². The number of aryl methyl sites for hydroxylation is 1. The van der Waals surface area contributed by atoms with Gasteiger partial charge in [-0.3, -0.25) is 4.79 Å². The van der Waals surface area contributed by atoms with Crippen molar-refractivity contribution in [1.29, 1.82) is 0 Å². The van der Waals surface area contributed by atoms with Crippen molar-refractivity contribution in [3.63, 3.8) is 0 Å². The first kappa shape index (κ1) is 16.2. The smallest absolute Gasteiger partial charge is 0.326 e. The number of hydrogen-bond acceptors (Lipinski definition) is 2. The Hall–Kier alpha value is -2.14. The van der Waals surface area contributed by atoms with Crippen molar-refractivity contribution in [2.24, 2.45) is 0 Å². The highest BCUT2D eigenvalue weighted by Gasteiger charge is 2.20. The molecule has 0 radical (unpaired) electrons. The van der Waals surface area contributed by atoms with Crippen molar-refractivity contribution < 1.29 is 14.7 Å². The summed E-state index contributed by atoms with van der Waals surface area (Å²) in [6.07, 6.45) is 0.940. The summed E-state index contributed by atoms with van der Waals surface area (Å²) in [5.74, 6) is -1.42. The van der Waals surface area contributed by atoms with Crippen LogP contribution in [0, 0.1) is 0 Å². The Kier molecular flexibility index (Phi) is 5.72. The lowest BCUT2D eigenvalue weighted by Crippen LogP contribution is -2.41. The van der Waals surface area contributed by atoms with E-state index in [9.17, 15) is 14.7 Å². The van der Waals surface area contributed by atoms with Gasteiger partial charge in [0.1, 0.15) is 6.04 Å². The molecule has 2 rings (SSSR count). The number of rotatable bonds is 6. The summed E-state index contributed by atoms with van der Waals surface area (Å²) in [5.41, 5.74) is 1.48. The summed E-state index contributed by atoms with van der Waals surface area (Å²) in [4.78, 5) is 23.5. The zero-order valence-corrected chi connectivity index (χ0v) is 13.4. The Morgan fingerprint density at radius 1 is 1.09 bits per heavy atom. The first-order valence-electron chi connectivity index (χ1n) is 6.89. The van der Waals surface area contributed by atoms with Crippen LogP contribution < -0.4 is 5.32 Å².